The highest BCUT2D eigenvalue weighted by Gasteiger charge is 2.18. The maximum atomic E-state index is 6.10. The van der Waals surface area contributed by atoms with Gasteiger partial charge in [-0.1, -0.05) is 24.3 Å². The number of benzene rings is 4. The van der Waals surface area contributed by atoms with Crippen LogP contribution in [0.3, 0.4) is 0 Å². The lowest BCUT2D eigenvalue weighted by molar-refractivity contribution is 0.130. The van der Waals surface area contributed by atoms with Gasteiger partial charge in [0.15, 0.2) is 0 Å². The summed E-state index contributed by atoms with van der Waals surface area (Å²) in [5.41, 5.74) is 9.10. The monoisotopic (exact) mass is 595 g/mol. The van der Waals surface area contributed by atoms with E-state index in [0.717, 1.165) is 61.5 Å². The average Bonchev–Trinajstić information content (AvgIpc) is 2.98. The van der Waals surface area contributed by atoms with Crippen LogP contribution in [-0.2, 0) is 0 Å². The van der Waals surface area contributed by atoms with Gasteiger partial charge >= 0.3 is 0 Å². The van der Waals surface area contributed by atoms with Crippen molar-refractivity contribution < 1.29 is 9.47 Å². The Bertz CT molecular complexity index is 1910. The molecule has 45 heavy (non-hydrogen) atoms. The van der Waals surface area contributed by atoms with Crippen LogP contribution in [0.2, 0.25) is 0 Å². The fraction of sp³-hybridized carbons (Fsp3) is 0.250. The first-order chi connectivity index (χ1) is 21.4. The minimum Gasteiger partial charge on any atom is -0.488 e. The molecule has 0 aliphatic carbocycles. The van der Waals surface area contributed by atoms with Crippen LogP contribution in [0.1, 0.15) is 52.7 Å². The Hall–Kier alpha value is -4.90. The maximum absolute atomic E-state index is 6.10. The minimum absolute atomic E-state index is 0.266. The molecule has 0 amide bonds. The zero-order valence-electron chi connectivity index (χ0n) is 27.5. The maximum Gasteiger partial charge on any atom is 0.120 e. The molecule has 0 radical (unpaired) electrons. The van der Waals surface area contributed by atoms with Crippen molar-refractivity contribution in [1.29, 1.82) is 0 Å². The molecule has 4 aromatic carbocycles. The SMILES string of the molecule is Cc1ccnc2c1ccc1c(C)c(-c3ccc(N(c4ccc(OC(C)(C)C)cc4)c4ccc(OC(C)(C)C)cc4)cc3)cnc12. The van der Waals surface area contributed by atoms with Crippen molar-refractivity contribution in [3.63, 3.8) is 0 Å². The van der Waals surface area contributed by atoms with E-state index in [2.05, 4.69) is 126 Å². The van der Waals surface area contributed by atoms with E-state index >= 15 is 0 Å². The fourth-order valence-electron chi connectivity index (χ4n) is 5.71. The van der Waals surface area contributed by atoms with Crippen molar-refractivity contribution in [1.82, 2.24) is 9.97 Å². The third-order valence-corrected chi connectivity index (χ3v) is 7.71. The first-order valence-corrected chi connectivity index (χ1v) is 15.5. The van der Waals surface area contributed by atoms with Crippen LogP contribution in [0.4, 0.5) is 17.1 Å². The van der Waals surface area contributed by atoms with Crippen molar-refractivity contribution in [3.05, 3.63) is 115 Å². The zero-order chi connectivity index (χ0) is 31.9. The van der Waals surface area contributed by atoms with Gasteiger partial charge in [0.05, 0.1) is 11.0 Å². The van der Waals surface area contributed by atoms with Crippen molar-refractivity contribution in [2.45, 2.75) is 66.6 Å². The van der Waals surface area contributed by atoms with Gasteiger partial charge in [-0.25, -0.2) is 0 Å². The number of hydrogen-bond donors (Lipinski definition) is 0. The van der Waals surface area contributed by atoms with E-state index in [4.69, 9.17) is 14.5 Å². The van der Waals surface area contributed by atoms with Gasteiger partial charge in [-0.05, 0) is 139 Å². The Morgan fingerprint density at radius 1 is 0.533 bits per heavy atom. The second kappa shape index (κ2) is 11.6. The van der Waals surface area contributed by atoms with Gasteiger partial charge < -0.3 is 14.4 Å². The molecule has 0 N–H and O–H groups in total. The number of anilines is 3. The largest absolute Gasteiger partial charge is 0.488 e. The molecular formula is C40H41N3O2. The zero-order valence-corrected chi connectivity index (χ0v) is 27.5. The van der Waals surface area contributed by atoms with Crippen molar-refractivity contribution in [2.24, 2.45) is 0 Å². The first kappa shape index (κ1) is 30.1. The molecular weight excluding hydrogens is 554 g/mol. The van der Waals surface area contributed by atoms with Crippen molar-refractivity contribution >= 4 is 38.9 Å². The number of rotatable bonds is 6. The molecule has 0 saturated heterocycles. The summed E-state index contributed by atoms with van der Waals surface area (Å²) < 4.78 is 12.2. The van der Waals surface area contributed by atoms with Gasteiger partial charge in [0.2, 0.25) is 0 Å². The Kier molecular flexibility index (Phi) is 7.74. The van der Waals surface area contributed by atoms with Crippen molar-refractivity contribution in [3.8, 4) is 22.6 Å². The second-order valence-corrected chi connectivity index (χ2v) is 13.6. The van der Waals surface area contributed by atoms with E-state index in [-0.39, 0.29) is 11.2 Å². The number of hydrogen-bond acceptors (Lipinski definition) is 5. The van der Waals surface area contributed by atoms with Crippen LogP contribution in [0.15, 0.2) is 103 Å². The molecule has 0 bridgehead atoms. The summed E-state index contributed by atoms with van der Waals surface area (Å²) in [5.74, 6) is 1.68. The van der Waals surface area contributed by atoms with E-state index < -0.39 is 0 Å². The molecule has 2 aromatic heterocycles. The predicted molar refractivity (Wildman–Crippen MR) is 187 cm³/mol. The predicted octanol–water partition coefficient (Wildman–Crippen LogP) is 10.9. The Labute approximate surface area is 266 Å². The Morgan fingerprint density at radius 2 is 1.00 bits per heavy atom. The third kappa shape index (κ3) is 6.48. The summed E-state index contributed by atoms with van der Waals surface area (Å²) in [6.45, 7) is 16.6. The highest BCUT2D eigenvalue weighted by molar-refractivity contribution is 6.06. The number of nitrogens with zero attached hydrogens (tertiary/aromatic N) is 3. The number of aromatic nitrogens is 2. The van der Waals surface area contributed by atoms with Gasteiger partial charge in [0.25, 0.3) is 0 Å². The molecule has 5 nitrogen and oxygen atoms in total. The lowest BCUT2D eigenvalue weighted by atomic mass is 9.97. The number of ether oxygens (including phenoxy) is 2. The quantitative estimate of drug-likeness (QED) is 0.179. The van der Waals surface area contributed by atoms with E-state index in [9.17, 15) is 0 Å². The lowest BCUT2D eigenvalue weighted by Crippen LogP contribution is -2.23. The molecule has 0 atom stereocenters. The normalized spacial score (nSPS) is 12.0. The molecule has 6 aromatic rings. The summed E-state index contributed by atoms with van der Waals surface area (Å²) >= 11 is 0. The Morgan fingerprint density at radius 3 is 1.51 bits per heavy atom. The molecule has 6 rings (SSSR count). The van der Waals surface area contributed by atoms with Crippen LogP contribution >= 0.6 is 0 Å². The van der Waals surface area contributed by atoms with Crippen molar-refractivity contribution in [2.75, 3.05) is 4.90 Å². The van der Waals surface area contributed by atoms with Gasteiger partial charge in [-0.2, -0.15) is 0 Å². The van der Waals surface area contributed by atoms with Crippen LogP contribution in [0.5, 0.6) is 11.5 Å². The highest BCUT2D eigenvalue weighted by Crippen LogP contribution is 2.39. The van der Waals surface area contributed by atoms with Crippen LogP contribution in [0, 0.1) is 13.8 Å². The van der Waals surface area contributed by atoms with Gasteiger partial charge in [-0.15, -0.1) is 0 Å². The average molecular weight is 596 g/mol. The molecule has 0 aliphatic rings. The van der Waals surface area contributed by atoms with Gasteiger partial charge in [0.1, 0.15) is 22.7 Å². The topological polar surface area (TPSA) is 47.5 Å². The standard InChI is InChI=1S/C40H41N3O2/c1-26-23-24-41-37-34(26)21-22-35-27(2)36(25-42-38(35)37)28-9-11-29(12-10-28)43(30-13-17-32(18-14-30)44-39(3,4)5)31-15-19-33(20-16-31)45-40(6,7)8/h9-25H,1-8H3. The molecule has 0 fully saturated rings. The molecule has 228 valence electrons. The smallest absolute Gasteiger partial charge is 0.120 e. The van der Waals surface area contributed by atoms with E-state index in [1.54, 1.807) is 0 Å². The van der Waals surface area contributed by atoms with Crippen LogP contribution < -0.4 is 14.4 Å². The molecule has 0 saturated carbocycles. The van der Waals surface area contributed by atoms with E-state index in [0.29, 0.717) is 0 Å². The summed E-state index contributed by atoms with van der Waals surface area (Å²) in [4.78, 5) is 11.8. The number of aryl methyl sites for hydroxylation is 2. The van der Waals surface area contributed by atoms with Gasteiger partial charge in [0, 0.05) is 45.8 Å². The highest BCUT2D eigenvalue weighted by atomic mass is 16.5. The van der Waals surface area contributed by atoms with E-state index in [1.165, 1.54) is 11.1 Å². The Balaban J connectivity index is 1.38. The van der Waals surface area contributed by atoms with Gasteiger partial charge in [-0.3, -0.25) is 9.97 Å². The summed E-state index contributed by atoms with van der Waals surface area (Å²) in [5, 5.41) is 2.27. The number of pyridine rings is 2. The third-order valence-electron chi connectivity index (χ3n) is 7.71. The lowest BCUT2D eigenvalue weighted by Gasteiger charge is -2.27. The summed E-state index contributed by atoms with van der Waals surface area (Å²) in [6, 6.07) is 31.6. The van der Waals surface area contributed by atoms with Crippen LogP contribution in [0.25, 0.3) is 32.9 Å². The molecule has 0 spiro atoms. The molecule has 0 aliphatic heterocycles. The molecule has 2 heterocycles. The molecule has 5 heteroatoms. The molecule has 0 unspecified atom stereocenters. The van der Waals surface area contributed by atoms with Crippen LogP contribution in [-0.4, -0.2) is 21.2 Å². The summed E-state index contributed by atoms with van der Waals surface area (Å²) in [7, 11) is 0. The summed E-state index contributed by atoms with van der Waals surface area (Å²) in [6.07, 6.45) is 3.85. The second-order valence-electron chi connectivity index (χ2n) is 13.6. The first-order valence-electron chi connectivity index (χ1n) is 15.5. The van der Waals surface area contributed by atoms with E-state index in [1.807, 2.05) is 42.7 Å². The fourth-order valence-corrected chi connectivity index (χ4v) is 5.71. The minimum atomic E-state index is -0.266. The number of fused-ring (bicyclic) bond motifs is 3.